The molecule has 0 amide bonds. The summed E-state index contributed by atoms with van der Waals surface area (Å²) < 4.78 is -3.95. The normalized spacial score (nSPS) is 17.1. The number of hydrogen-bond donors (Lipinski definition) is 2. The third-order valence-corrected chi connectivity index (χ3v) is 106. The van der Waals surface area contributed by atoms with Crippen LogP contribution in [0.2, 0.25) is 0 Å². The molecule has 0 aromatic heterocycles. The summed E-state index contributed by atoms with van der Waals surface area (Å²) in [6.45, 7) is 0. The Morgan fingerprint density at radius 2 is 0.194 bits per heavy atom. The summed E-state index contributed by atoms with van der Waals surface area (Å²) in [7, 11) is -3.12. The van der Waals surface area contributed by atoms with Gasteiger partial charge in [-0.2, -0.15) is 0 Å². The number of alkyl halides is 46. The highest BCUT2D eigenvalue weighted by Gasteiger charge is 2.86. The van der Waals surface area contributed by atoms with Crippen LogP contribution in [0.4, 0.5) is 0 Å². The number of rotatable bonds is 19. The molecule has 0 aromatic carbocycles. The van der Waals surface area contributed by atoms with Gasteiger partial charge >= 0.3 is 0 Å². The number of hydrogen-bond acceptors (Lipinski definition) is 2. The molecule has 0 aliphatic heterocycles. The minimum Gasteiger partial charge on any atom is -0.288 e. The third-order valence-electron chi connectivity index (χ3n) is 8.20. The van der Waals surface area contributed by atoms with Gasteiger partial charge in [0.25, 0.3) is 11.0 Å². The van der Waals surface area contributed by atoms with Crippen molar-refractivity contribution in [3.8, 4) is 0 Å². The maximum Gasteiger partial charge on any atom is 0.254 e. The molecule has 1 N–H and O–H groups in total. The molecule has 0 fully saturated rings. The number of thiol groups is 1. The maximum atomic E-state index is 8.59. The zero-order valence-corrected chi connectivity index (χ0v) is 104. The van der Waals surface area contributed by atoms with Crippen molar-refractivity contribution >= 4 is 744 Å². The Morgan fingerprint density at radius 3 is 0.236 bits per heavy atom. The van der Waals surface area contributed by atoms with Gasteiger partial charge in [-0.25, -0.2) is 8.42 Å². The van der Waals surface area contributed by atoms with Crippen LogP contribution in [0, 0.1) is 0 Å². The Labute approximate surface area is 804 Å². The summed E-state index contributed by atoms with van der Waals surface area (Å²) in [4.78, 5) is 0. The summed E-state index contributed by atoms with van der Waals surface area (Å²) in [5.41, 5.74) is 0. The van der Waals surface area contributed by atoms with E-state index in [9.17, 15) is 0 Å². The lowest BCUT2D eigenvalue weighted by atomic mass is 10.0. The Hall–Kier alpha value is 22.0. The molecule has 0 aliphatic carbocycles. The van der Waals surface area contributed by atoms with Gasteiger partial charge < -0.3 is 0 Å². The molecular formula is C22H2Br46O3S. The maximum absolute atomic E-state index is 8.59. The fourth-order valence-corrected chi connectivity index (χ4v) is 50.6. The molecule has 50 heteroatoms. The topological polar surface area (TPSA) is 54.4 Å². The molecule has 0 bridgehead atoms. The molecule has 0 saturated carbocycles. The van der Waals surface area contributed by atoms with Crippen LogP contribution in [0.15, 0.2) is 0 Å². The van der Waals surface area contributed by atoms with Crippen molar-refractivity contribution < 1.29 is 13.0 Å². The molecule has 436 valence electrons. The smallest absolute Gasteiger partial charge is 0.254 e. The lowest BCUT2D eigenvalue weighted by Gasteiger charge is -2.63. The Morgan fingerprint density at radius 1 is 0.153 bits per heavy atom. The standard InChI is InChI=1S/C22Br46.H2O3S/c23-1(24,3(27,28)5(31,32)7(35,36)9(39,40)11(43,44)13(47,48)15(51,52)17(55,56)19(59,60)21(63,64)65)2(25,26)4(29,30)6(33,34)8(37,38)10(41,42)12(45,46)14(49,50)16(53,54)18(57,58)20(61,62)22(66,67)68;1-4(2)3/h;4H,(H,1,2,3). The van der Waals surface area contributed by atoms with E-state index in [0.29, 0.717) is 0 Å². The van der Waals surface area contributed by atoms with Crippen molar-refractivity contribution in [2.45, 2.75) is 69.0 Å². The van der Waals surface area contributed by atoms with Gasteiger partial charge in [-0.05, 0) is 0 Å². The molecule has 0 radical (unpaired) electrons. The van der Waals surface area contributed by atoms with E-state index in [1.54, 1.807) is 0 Å². The van der Waals surface area contributed by atoms with E-state index in [4.69, 9.17) is 13.0 Å². The van der Waals surface area contributed by atoms with Crippen LogP contribution < -0.4 is 0 Å². The van der Waals surface area contributed by atoms with Gasteiger partial charge in [-0.15, -0.1) is 0 Å². The quantitative estimate of drug-likeness (QED) is 0.0770. The minimum absolute atomic E-state index is 0.935. The molecule has 0 aliphatic rings. The van der Waals surface area contributed by atoms with E-state index in [-0.39, 0.29) is 0 Å². The van der Waals surface area contributed by atoms with Gasteiger partial charge in [0.15, 0.2) is 4.29 Å². The average molecular weight is 4020 g/mol. The van der Waals surface area contributed by atoms with Gasteiger partial charge in [-0.1, -0.05) is 733 Å². The third kappa shape index (κ3) is 17.1. The van der Waals surface area contributed by atoms with E-state index in [0.717, 1.165) is 0 Å². The zero-order valence-electron chi connectivity index (χ0n) is 30.1. The van der Waals surface area contributed by atoms with Crippen LogP contribution in [-0.4, -0.2) is 81.9 Å². The molecule has 0 atom stereocenters. The average Bonchev–Trinajstić information content (AvgIpc) is 3.11. The molecule has 0 spiro atoms. The number of halogens is 46. The Bertz CT molecular complexity index is 1870. The summed E-state index contributed by atoms with van der Waals surface area (Å²) in [5, 5.41) is 0. The van der Waals surface area contributed by atoms with Crippen LogP contribution in [-0.2, 0) is 11.0 Å². The highest BCUT2D eigenvalue weighted by molar-refractivity contribution is 9.44. The van der Waals surface area contributed by atoms with Crippen molar-refractivity contribution in [2.24, 2.45) is 0 Å². The predicted molar refractivity (Wildman–Crippen MR) is 484 cm³/mol. The van der Waals surface area contributed by atoms with Gasteiger partial charge in [0.2, 0.25) is 0 Å². The molecular weight excluding hydrogens is 4020 g/mol. The fourth-order valence-electron chi connectivity index (χ4n) is 3.91. The summed E-state index contributed by atoms with van der Waals surface area (Å²) >= 11 is 182. The molecule has 0 saturated heterocycles. The fraction of sp³-hybridized carbons (Fsp3) is 1.00. The van der Waals surface area contributed by atoms with E-state index >= 15 is 0 Å². The van der Waals surface area contributed by atoms with Gasteiger partial charge in [0, 0.05) is 0 Å². The van der Waals surface area contributed by atoms with E-state index in [1.165, 1.54) is 0 Å². The Balaban J connectivity index is 0. The second-order valence-corrected chi connectivity index (χ2v) is 95.6. The molecule has 0 rings (SSSR count). The first-order chi connectivity index (χ1) is 30.0. The molecule has 0 aromatic rings. The summed E-state index contributed by atoms with van der Waals surface area (Å²) in [6.07, 6.45) is 0. The highest BCUT2D eigenvalue weighted by atomic mass is 80.0. The second-order valence-electron chi connectivity index (χ2n) is 12.7. The SMILES string of the molecule is BrC(Br)(Br)C(Br)(Br)C(Br)(Br)C(Br)(Br)C(Br)(Br)C(Br)(Br)C(Br)(Br)C(Br)(Br)C(Br)(Br)C(Br)(Br)C(Br)(Br)C(Br)(Br)C(Br)(Br)C(Br)(Br)C(Br)(Br)C(Br)(Br)C(Br)(Br)C(Br)(Br)C(Br)(Br)C(Br)(Br)C(Br)(Br)C(Br)(Br)Br.O=[SH](=O)O. The van der Waals surface area contributed by atoms with E-state index in [1.807, 2.05) is 0 Å². The molecule has 0 heterocycles. The predicted octanol–water partition coefficient (Wildman–Crippen LogP) is 33.5. The molecule has 3 nitrogen and oxygen atoms in total. The lowest BCUT2D eigenvalue weighted by molar-refractivity contribution is 0.509. The van der Waals surface area contributed by atoms with Crippen molar-refractivity contribution in [1.29, 1.82) is 0 Å². The first kappa shape index (κ1) is 96.0. The van der Waals surface area contributed by atoms with Crippen molar-refractivity contribution in [3.05, 3.63) is 0 Å². The van der Waals surface area contributed by atoms with Crippen molar-refractivity contribution in [2.75, 3.05) is 0 Å². The first-order valence-corrected chi connectivity index (χ1v) is 52.1. The Kier molecular flexibility index (Phi) is 42.6. The van der Waals surface area contributed by atoms with Gasteiger partial charge in [-0.3, -0.25) is 4.55 Å². The largest absolute Gasteiger partial charge is 0.288 e. The van der Waals surface area contributed by atoms with Crippen LogP contribution in [0.1, 0.15) is 0 Å². The summed E-state index contributed by atoms with van der Waals surface area (Å²) in [5.74, 6) is 0. The minimum atomic E-state index is -3.12. The highest BCUT2D eigenvalue weighted by Crippen LogP contribution is 2.85. The van der Waals surface area contributed by atoms with Crippen LogP contribution in [0.3, 0.4) is 0 Å². The van der Waals surface area contributed by atoms with E-state index in [2.05, 4.69) is 733 Å². The molecule has 72 heavy (non-hydrogen) atoms. The summed E-state index contributed by atoms with van der Waals surface area (Å²) in [6, 6.07) is 0. The molecule has 0 unspecified atom stereocenters. The van der Waals surface area contributed by atoms with E-state index < -0.39 is 79.9 Å². The van der Waals surface area contributed by atoms with Crippen LogP contribution in [0.5, 0.6) is 0 Å². The lowest BCUT2D eigenvalue weighted by Crippen LogP contribution is -2.74. The zero-order chi connectivity index (χ0) is 60.6. The van der Waals surface area contributed by atoms with Crippen molar-refractivity contribution in [3.63, 3.8) is 0 Å². The van der Waals surface area contributed by atoms with Gasteiger partial charge in [0.1, 0.15) is 64.7 Å². The van der Waals surface area contributed by atoms with Crippen molar-refractivity contribution in [1.82, 2.24) is 0 Å². The first-order valence-electron chi connectivity index (χ1n) is 14.5. The van der Waals surface area contributed by atoms with Gasteiger partial charge in [0.05, 0.1) is 0 Å². The van der Waals surface area contributed by atoms with Crippen LogP contribution >= 0.6 is 733 Å². The monoisotopic (exact) mass is 3980 g/mol. The van der Waals surface area contributed by atoms with Crippen LogP contribution in [0.25, 0.3) is 0 Å². The second kappa shape index (κ2) is 31.9.